The highest BCUT2D eigenvalue weighted by molar-refractivity contribution is 7.89. The summed E-state index contributed by atoms with van der Waals surface area (Å²) >= 11 is 17.6. The summed E-state index contributed by atoms with van der Waals surface area (Å²) in [6.45, 7) is 0.359. The van der Waals surface area contributed by atoms with Crippen molar-refractivity contribution in [2.45, 2.75) is 10.9 Å². The van der Waals surface area contributed by atoms with E-state index in [9.17, 15) is 13.2 Å². The third kappa shape index (κ3) is 3.28. The monoisotopic (exact) mass is 372 g/mol. The Labute approximate surface area is 136 Å². The van der Waals surface area contributed by atoms with E-state index in [1.165, 1.54) is 12.1 Å². The van der Waals surface area contributed by atoms with Crippen LogP contribution >= 0.6 is 34.8 Å². The van der Waals surface area contributed by atoms with Gasteiger partial charge in [0.05, 0.1) is 10.0 Å². The van der Waals surface area contributed by atoms with Gasteiger partial charge in [0.15, 0.2) is 0 Å². The predicted molar refractivity (Wildman–Crippen MR) is 79.7 cm³/mol. The fourth-order valence-electron chi connectivity index (χ4n) is 2.08. The second kappa shape index (κ2) is 6.28. The molecule has 0 saturated carbocycles. The van der Waals surface area contributed by atoms with E-state index in [0.29, 0.717) is 6.54 Å². The Morgan fingerprint density at radius 2 is 1.86 bits per heavy atom. The Hall–Kier alpha value is -0.570. The van der Waals surface area contributed by atoms with Crippen molar-refractivity contribution in [3.63, 3.8) is 0 Å². The summed E-state index contributed by atoms with van der Waals surface area (Å²) in [6, 6.07) is 1.28. The molecule has 1 fully saturated rings. The zero-order chi connectivity index (χ0) is 15.8. The number of rotatable bonds is 3. The van der Waals surface area contributed by atoms with Gasteiger partial charge in [0.25, 0.3) is 0 Å². The van der Waals surface area contributed by atoms with Gasteiger partial charge in [-0.3, -0.25) is 4.79 Å². The molecule has 116 valence electrons. The standard InChI is InChI=1S/C11H11Cl3N2O4S/c12-6-3-7(13)10(8(14)4-6)21(19,20)16-2-1-15-5-9(16)11(17)18/h3-4,9,15H,1-2,5H2,(H,17,18). The third-order valence-corrected chi connectivity index (χ3v) is 6.06. The smallest absolute Gasteiger partial charge is 0.323 e. The summed E-state index contributed by atoms with van der Waals surface area (Å²) in [7, 11) is -4.14. The number of hydrogen-bond acceptors (Lipinski definition) is 4. The minimum atomic E-state index is -4.14. The van der Waals surface area contributed by atoms with Gasteiger partial charge in [0.2, 0.25) is 10.0 Å². The fourth-order valence-corrected chi connectivity index (χ4v) is 5.16. The highest BCUT2D eigenvalue weighted by Crippen LogP contribution is 2.35. The Morgan fingerprint density at radius 3 is 2.38 bits per heavy atom. The number of halogens is 3. The van der Waals surface area contributed by atoms with Crippen molar-refractivity contribution in [3.05, 3.63) is 27.2 Å². The van der Waals surface area contributed by atoms with E-state index in [-0.39, 0.29) is 33.1 Å². The van der Waals surface area contributed by atoms with E-state index in [1.54, 1.807) is 0 Å². The average molecular weight is 374 g/mol. The first-order chi connectivity index (χ1) is 9.75. The second-order valence-corrected chi connectivity index (χ2v) is 7.45. The fraction of sp³-hybridized carbons (Fsp3) is 0.364. The van der Waals surface area contributed by atoms with Gasteiger partial charge in [0.1, 0.15) is 10.9 Å². The Bertz CT molecular complexity index is 657. The van der Waals surface area contributed by atoms with E-state index < -0.39 is 22.0 Å². The van der Waals surface area contributed by atoms with E-state index in [1.807, 2.05) is 0 Å². The van der Waals surface area contributed by atoms with Crippen LogP contribution < -0.4 is 5.32 Å². The van der Waals surface area contributed by atoms with Crippen LogP contribution in [0.15, 0.2) is 17.0 Å². The van der Waals surface area contributed by atoms with E-state index in [0.717, 1.165) is 4.31 Å². The molecule has 1 aliphatic rings. The molecule has 0 radical (unpaired) electrons. The van der Waals surface area contributed by atoms with Gasteiger partial charge in [0, 0.05) is 24.7 Å². The molecule has 1 aliphatic heterocycles. The summed E-state index contributed by atoms with van der Waals surface area (Å²) in [5.74, 6) is -1.24. The minimum Gasteiger partial charge on any atom is -0.480 e. The topological polar surface area (TPSA) is 86.7 Å². The van der Waals surface area contributed by atoms with Crippen molar-refractivity contribution in [2.24, 2.45) is 0 Å². The predicted octanol–water partition coefficient (Wildman–Crippen LogP) is 1.69. The number of hydrogen-bond donors (Lipinski definition) is 2. The van der Waals surface area contributed by atoms with Gasteiger partial charge in [-0.05, 0) is 12.1 Å². The maximum absolute atomic E-state index is 12.7. The van der Waals surface area contributed by atoms with Crippen LogP contribution in [-0.4, -0.2) is 49.5 Å². The molecule has 0 aliphatic carbocycles. The molecule has 1 aromatic rings. The molecule has 1 unspecified atom stereocenters. The summed E-state index contributed by atoms with van der Waals surface area (Å²) in [5.41, 5.74) is 0. The van der Waals surface area contributed by atoms with E-state index >= 15 is 0 Å². The SMILES string of the molecule is O=C(O)C1CNCCN1S(=O)(=O)c1c(Cl)cc(Cl)cc1Cl. The summed E-state index contributed by atoms with van der Waals surface area (Å²) < 4.78 is 26.2. The summed E-state index contributed by atoms with van der Waals surface area (Å²) in [6.07, 6.45) is 0. The van der Waals surface area contributed by atoms with Gasteiger partial charge >= 0.3 is 5.97 Å². The van der Waals surface area contributed by atoms with Crippen LogP contribution in [0.25, 0.3) is 0 Å². The van der Waals surface area contributed by atoms with Crippen LogP contribution in [0.5, 0.6) is 0 Å². The average Bonchev–Trinajstić information content (AvgIpc) is 2.37. The van der Waals surface area contributed by atoms with Gasteiger partial charge in [-0.15, -0.1) is 0 Å². The second-order valence-electron chi connectivity index (χ2n) is 4.37. The Morgan fingerprint density at radius 1 is 1.29 bits per heavy atom. The molecule has 0 amide bonds. The number of carboxylic acids is 1. The summed E-state index contributed by atoms with van der Waals surface area (Å²) in [4.78, 5) is 10.9. The molecular formula is C11H11Cl3N2O4S. The van der Waals surface area contributed by atoms with Crippen LogP contribution in [-0.2, 0) is 14.8 Å². The molecule has 1 heterocycles. The molecule has 10 heteroatoms. The number of nitrogens with zero attached hydrogens (tertiary/aromatic N) is 1. The molecule has 0 bridgehead atoms. The molecule has 2 rings (SSSR count). The number of sulfonamides is 1. The number of benzene rings is 1. The first-order valence-electron chi connectivity index (χ1n) is 5.85. The molecule has 0 aromatic heterocycles. The van der Waals surface area contributed by atoms with Crippen LogP contribution in [0.4, 0.5) is 0 Å². The molecule has 2 N–H and O–H groups in total. The van der Waals surface area contributed by atoms with Crippen molar-refractivity contribution >= 4 is 50.8 Å². The first kappa shape index (κ1) is 16.8. The number of nitrogens with one attached hydrogen (secondary N) is 1. The van der Waals surface area contributed by atoms with E-state index in [2.05, 4.69) is 5.32 Å². The maximum atomic E-state index is 12.7. The Kier molecular flexibility index (Phi) is 5.02. The molecule has 1 aromatic carbocycles. The molecule has 6 nitrogen and oxygen atoms in total. The molecular weight excluding hydrogens is 363 g/mol. The Balaban J connectivity index is 2.53. The molecule has 1 atom stereocenters. The first-order valence-corrected chi connectivity index (χ1v) is 8.42. The quantitative estimate of drug-likeness (QED) is 0.842. The highest BCUT2D eigenvalue weighted by Gasteiger charge is 2.39. The normalized spacial score (nSPS) is 20.4. The number of carboxylic acid groups (broad SMARTS) is 1. The zero-order valence-electron chi connectivity index (χ0n) is 10.5. The largest absolute Gasteiger partial charge is 0.480 e. The lowest BCUT2D eigenvalue weighted by Gasteiger charge is -2.32. The molecule has 1 saturated heterocycles. The van der Waals surface area contributed by atoms with Crippen LogP contribution in [0.3, 0.4) is 0 Å². The van der Waals surface area contributed by atoms with Crippen molar-refractivity contribution in [3.8, 4) is 0 Å². The minimum absolute atomic E-state index is 0.00852. The van der Waals surface area contributed by atoms with Crippen LogP contribution in [0, 0.1) is 0 Å². The lowest BCUT2D eigenvalue weighted by molar-refractivity contribution is -0.141. The zero-order valence-corrected chi connectivity index (χ0v) is 13.6. The lowest BCUT2D eigenvalue weighted by Crippen LogP contribution is -2.56. The van der Waals surface area contributed by atoms with Crippen LogP contribution in [0.1, 0.15) is 0 Å². The van der Waals surface area contributed by atoms with Crippen molar-refractivity contribution in [1.29, 1.82) is 0 Å². The van der Waals surface area contributed by atoms with Crippen molar-refractivity contribution in [2.75, 3.05) is 19.6 Å². The number of piperazine rings is 1. The van der Waals surface area contributed by atoms with Crippen molar-refractivity contribution in [1.82, 2.24) is 9.62 Å². The van der Waals surface area contributed by atoms with E-state index in [4.69, 9.17) is 39.9 Å². The number of aliphatic carboxylic acids is 1. The van der Waals surface area contributed by atoms with Crippen LogP contribution in [0.2, 0.25) is 15.1 Å². The summed E-state index contributed by atoms with van der Waals surface area (Å²) in [5, 5.41) is 11.9. The number of carbonyl (C=O) groups is 1. The lowest BCUT2D eigenvalue weighted by atomic mass is 10.2. The van der Waals surface area contributed by atoms with Gasteiger partial charge in [-0.2, -0.15) is 4.31 Å². The van der Waals surface area contributed by atoms with Gasteiger partial charge in [-0.25, -0.2) is 8.42 Å². The highest BCUT2D eigenvalue weighted by atomic mass is 35.5. The maximum Gasteiger partial charge on any atom is 0.323 e. The van der Waals surface area contributed by atoms with Gasteiger partial charge < -0.3 is 10.4 Å². The molecule has 0 spiro atoms. The van der Waals surface area contributed by atoms with Crippen molar-refractivity contribution < 1.29 is 18.3 Å². The molecule has 21 heavy (non-hydrogen) atoms. The van der Waals surface area contributed by atoms with Gasteiger partial charge in [-0.1, -0.05) is 34.8 Å². The third-order valence-electron chi connectivity index (χ3n) is 3.01.